The van der Waals surface area contributed by atoms with Crippen molar-refractivity contribution in [1.29, 1.82) is 0 Å². The van der Waals surface area contributed by atoms with Crippen LogP contribution in [0.2, 0.25) is 0 Å². The highest BCUT2D eigenvalue weighted by Gasteiger charge is 2.19. The van der Waals surface area contributed by atoms with Crippen molar-refractivity contribution in [2.24, 2.45) is 0 Å². The van der Waals surface area contributed by atoms with Gasteiger partial charge >= 0.3 is 5.97 Å². The summed E-state index contributed by atoms with van der Waals surface area (Å²) < 4.78 is 16.3. The average molecular weight is 353 g/mol. The van der Waals surface area contributed by atoms with Gasteiger partial charge in [0.1, 0.15) is 22.7 Å². The molecule has 1 aliphatic heterocycles. The Kier molecular flexibility index (Phi) is 3.81. The molecule has 0 radical (unpaired) electrons. The molecular formula is C19H16FN3O3. The molecule has 132 valence electrons. The zero-order valence-corrected chi connectivity index (χ0v) is 14.0. The second-order valence-electron chi connectivity index (χ2n) is 6.24. The number of hydrogen-bond donors (Lipinski definition) is 2. The van der Waals surface area contributed by atoms with Gasteiger partial charge in [-0.05, 0) is 30.2 Å². The van der Waals surface area contributed by atoms with Crippen LogP contribution in [0.5, 0.6) is 0 Å². The minimum absolute atomic E-state index is 0.0316. The van der Waals surface area contributed by atoms with Crippen LogP contribution in [0.15, 0.2) is 35.3 Å². The monoisotopic (exact) mass is 353 g/mol. The van der Waals surface area contributed by atoms with Gasteiger partial charge in [-0.2, -0.15) is 0 Å². The van der Waals surface area contributed by atoms with Crippen LogP contribution in [0, 0.1) is 5.82 Å². The molecule has 0 aliphatic carbocycles. The number of carboxylic acid groups (broad SMARTS) is 1. The van der Waals surface area contributed by atoms with E-state index in [4.69, 9.17) is 0 Å². The van der Waals surface area contributed by atoms with E-state index in [2.05, 4.69) is 10.3 Å². The fourth-order valence-electron chi connectivity index (χ4n) is 3.32. The van der Waals surface area contributed by atoms with Crippen LogP contribution in [0.25, 0.3) is 22.3 Å². The van der Waals surface area contributed by atoms with Crippen molar-refractivity contribution in [1.82, 2.24) is 14.9 Å². The summed E-state index contributed by atoms with van der Waals surface area (Å²) in [7, 11) is 0. The molecule has 0 atom stereocenters. The van der Waals surface area contributed by atoms with Crippen molar-refractivity contribution >= 4 is 17.0 Å². The first-order valence-electron chi connectivity index (χ1n) is 8.29. The lowest BCUT2D eigenvalue weighted by atomic mass is 10.0. The molecule has 4 rings (SSSR count). The van der Waals surface area contributed by atoms with Crippen LogP contribution in [0.4, 0.5) is 4.39 Å². The van der Waals surface area contributed by atoms with Gasteiger partial charge in [-0.1, -0.05) is 12.1 Å². The molecule has 0 saturated heterocycles. The molecule has 0 fully saturated rings. The van der Waals surface area contributed by atoms with Gasteiger partial charge in [0.2, 0.25) is 5.43 Å². The Labute approximate surface area is 147 Å². The van der Waals surface area contributed by atoms with Crippen LogP contribution in [-0.4, -0.2) is 20.6 Å². The molecule has 3 heterocycles. The number of carboxylic acids is 1. The number of halogens is 1. The molecule has 0 unspecified atom stereocenters. The summed E-state index contributed by atoms with van der Waals surface area (Å²) in [5.41, 5.74) is 2.20. The van der Waals surface area contributed by atoms with Gasteiger partial charge in [0.15, 0.2) is 0 Å². The van der Waals surface area contributed by atoms with Crippen molar-refractivity contribution in [2.75, 3.05) is 0 Å². The fraction of sp³-hybridized carbons (Fsp3) is 0.211. The third kappa shape index (κ3) is 2.48. The van der Waals surface area contributed by atoms with Crippen LogP contribution >= 0.6 is 0 Å². The van der Waals surface area contributed by atoms with E-state index in [1.165, 1.54) is 11.8 Å². The van der Waals surface area contributed by atoms with Crippen molar-refractivity contribution in [3.63, 3.8) is 0 Å². The highest BCUT2D eigenvalue weighted by Crippen LogP contribution is 2.27. The molecule has 6 nitrogen and oxygen atoms in total. The molecule has 1 aromatic carbocycles. The number of pyridine rings is 2. The van der Waals surface area contributed by atoms with E-state index >= 15 is 0 Å². The quantitative estimate of drug-likeness (QED) is 0.756. The molecule has 1 aliphatic rings. The largest absolute Gasteiger partial charge is 0.477 e. The first kappa shape index (κ1) is 16.4. The maximum absolute atomic E-state index is 14.7. The van der Waals surface area contributed by atoms with Gasteiger partial charge in [0.25, 0.3) is 0 Å². The summed E-state index contributed by atoms with van der Waals surface area (Å²) in [5.74, 6) is -1.99. The van der Waals surface area contributed by atoms with E-state index in [1.807, 2.05) is 18.2 Å². The van der Waals surface area contributed by atoms with E-state index in [9.17, 15) is 19.1 Å². The van der Waals surface area contributed by atoms with E-state index < -0.39 is 22.8 Å². The summed E-state index contributed by atoms with van der Waals surface area (Å²) >= 11 is 0. The van der Waals surface area contributed by atoms with Gasteiger partial charge in [-0.25, -0.2) is 14.2 Å². The predicted octanol–water partition coefficient (Wildman–Crippen LogP) is 2.52. The van der Waals surface area contributed by atoms with E-state index in [-0.39, 0.29) is 16.7 Å². The molecule has 0 saturated carbocycles. The number of rotatable bonds is 3. The summed E-state index contributed by atoms with van der Waals surface area (Å²) in [6.45, 7) is 3.72. The Morgan fingerprint density at radius 2 is 2.08 bits per heavy atom. The number of aromatic carboxylic acids is 1. The van der Waals surface area contributed by atoms with Gasteiger partial charge in [0, 0.05) is 31.4 Å². The molecule has 2 N–H and O–H groups in total. The van der Waals surface area contributed by atoms with Crippen molar-refractivity contribution in [3.8, 4) is 11.3 Å². The van der Waals surface area contributed by atoms with E-state index in [1.54, 1.807) is 11.5 Å². The molecule has 0 amide bonds. The van der Waals surface area contributed by atoms with Crippen molar-refractivity contribution < 1.29 is 14.3 Å². The SMILES string of the molecule is CCn1cc(C(=O)O)c(=O)c2cc(F)c(-c3ccc4c(c3)CNC4)nc21. The molecule has 7 heteroatoms. The number of nitrogens with one attached hydrogen (secondary N) is 1. The third-order valence-corrected chi connectivity index (χ3v) is 4.68. The third-order valence-electron chi connectivity index (χ3n) is 4.68. The lowest BCUT2D eigenvalue weighted by Crippen LogP contribution is -2.19. The maximum Gasteiger partial charge on any atom is 0.341 e. The first-order chi connectivity index (χ1) is 12.5. The van der Waals surface area contributed by atoms with Crippen LogP contribution in [0.1, 0.15) is 28.4 Å². The van der Waals surface area contributed by atoms with E-state index in [0.29, 0.717) is 12.1 Å². The van der Waals surface area contributed by atoms with Crippen molar-refractivity contribution in [2.45, 2.75) is 26.6 Å². The minimum Gasteiger partial charge on any atom is -0.477 e. The standard InChI is InChI=1S/C19H16FN3O3/c1-2-23-9-14(19(25)26)17(24)13-6-15(20)16(22-18(13)23)10-3-4-11-7-21-8-12(11)5-10/h3-6,9,21H,2,7-8H2,1H3,(H,25,26). The zero-order valence-electron chi connectivity index (χ0n) is 14.0. The van der Waals surface area contributed by atoms with Crippen LogP contribution in [-0.2, 0) is 19.6 Å². The molecule has 0 spiro atoms. The van der Waals surface area contributed by atoms with E-state index in [0.717, 1.165) is 24.7 Å². The minimum atomic E-state index is -1.34. The molecule has 0 bridgehead atoms. The number of benzene rings is 1. The number of aromatic nitrogens is 2. The van der Waals surface area contributed by atoms with Crippen LogP contribution < -0.4 is 10.7 Å². The Bertz CT molecular complexity index is 1120. The van der Waals surface area contributed by atoms with Gasteiger partial charge in [0.05, 0.1) is 5.39 Å². The van der Waals surface area contributed by atoms with Gasteiger partial charge < -0.3 is 15.0 Å². The first-order valence-corrected chi connectivity index (χ1v) is 8.29. The Morgan fingerprint density at radius 1 is 1.31 bits per heavy atom. The topological polar surface area (TPSA) is 84.2 Å². The molecule has 26 heavy (non-hydrogen) atoms. The highest BCUT2D eigenvalue weighted by atomic mass is 19.1. The maximum atomic E-state index is 14.7. The fourth-order valence-corrected chi connectivity index (χ4v) is 3.32. The average Bonchev–Trinajstić information content (AvgIpc) is 3.09. The molecular weight excluding hydrogens is 337 g/mol. The second-order valence-corrected chi connectivity index (χ2v) is 6.24. The summed E-state index contributed by atoms with van der Waals surface area (Å²) in [6, 6.07) is 6.73. The Balaban J connectivity index is 1.98. The number of hydrogen-bond acceptors (Lipinski definition) is 4. The van der Waals surface area contributed by atoms with Crippen molar-refractivity contribution in [3.05, 3.63) is 63.2 Å². The highest BCUT2D eigenvalue weighted by molar-refractivity contribution is 5.92. The molecule has 3 aromatic rings. The number of aryl methyl sites for hydroxylation is 1. The lowest BCUT2D eigenvalue weighted by molar-refractivity contribution is 0.0695. The Hall–Kier alpha value is -3.06. The summed E-state index contributed by atoms with van der Waals surface area (Å²) in [6.07, 6.45) is 1.26. The number of fused-ring (bicyclic) bond motifs is 2. The lowest BCUT2D eigenvalue weighted by Gasteiger charge is -2.12. The predicted molar refractivity (Wildman–Crippen MR) is 94.6 cm³/mol. The van der Waals surface area contributed by atoms with Gasteiger partial charge in [-0.3, -0.25) is 4.79 Å². The van der Waals surface area contributed by atoms with Crippen LogP contribution in [0.3, 0.4) is 0 Å². The number of carbonyl (C=O) groups is 1. The summed E-state index contributed by atoms with van der Waals surface area (Å²) in [5, 5.41) is 12.4. The second kappa shape index (κ2) is 6.03. The zero-order chi connectivity index (χ0) is 18.4. The normalized spacial score (nSPS) is 13.2. The smallest absolute Gasteiger partial charge is 0.341 e. The summed E-state index contributed by atoms with van der Waals surface area (Å²) in [4.78, 5) is 28.0. The molecule has 2 aromatic heterocycles. The Morgan fingerprint density at radius 3 is 2.81 bits per heavy atom. The van der Waals surface area contributed by atoms with Gasteiger partial charge in [-0.15, -0.1) is 0 Å². The number of nitrogens with zero attached hydrogens (tertiary/aromatic N) is 2.